The SMILES string of the molecule is Cc1ccc(C(C)C)c(OCCn2cc(/C=N/n3cnnc3)c3ccccc32)c1. The Hall–Kier alpha value is -3.41. The Morgan fingerprint density at radius 2 is 1.90 bits per heavy atom. The van der Waals surface area contributed by atoms with E-state index in [9.17, 15) is 0 Å². The maximum Gasteiger partial charge on any atom is 0.141 e. The van der Waals surface area contributed by atoms with Crippen LogP contribution in [-0.2, 0) is 6.54 Å². The predicted octanol–water partition coefficient (Wildman–Crippen LogP) is 4.63. The minimum Gasteiger partial charge on any atom is -0.491 e. The minimum absolute atomic E-state index is 0.429. The van der Waals surface area contributed by atoms with Crippen molar-refractivity contribution >= 4 is 17.1 Å². The first kappa shape index (κ1) is 18.9. The smallest absolute Gasteiger partial charge is 0.141 e. The monoisotopic (exact) mass is 387 g/mol. The molecule has 0 bridgehead atoms. The lowest BCUT2D eigenvalue weighted by atomic mass is 10.0. The number of hydrogen-bond acceptors (Lipinski definition) is 4. The van der Waals surface area contributed by atoms with Crippen LogP contribution in [0.5, 0.6) is 5.75 Å². The highest BCUT2D eigenvalue weighted by molar-refractivity contribution is 5.99. The Morgan fingerprint density at radius 1 is 1.10 bits per heavy atom. The van der Waals surface area contributed by atoms with Crippen LogP contribution >= 0.6 is 0 Å². The van der Waals surface area contributed by atoms with Crippen LogP contribution in [0.2, 0.25) is 0 Å². The first-order valence-electron chi connectivity index (χ1n) is 9.82. The van der Waals surface area contributed by atoms with Crippen molar-refractivity contribution in [2.45, 2.75) is 33.2 Å². The van der Waals surface area contributed by atoms with Gasteiger partial charge >= 0.3 is 0 Å². The lowest BCUT2D eigenvalue weighted by Gasteiger charge is -2.15. The van der Waals surface area contributed by atoms with Crippen LogP contribution < -0.4 is 4.74 Å². The molecule has 2 heterocycles. The molecule has 0 amide bonds. The molecule has 0 radical (unpaired) electrons. The summed E-state index contributed by atoms with van der Waals surface area (Å²) < 4.78 is 9.98. The zero-order valence-corrected chi connectivity index (χ0v) is 17.0. The van der Waals surface area contributed by atoms with E-state index in [1.54, 1.807) is 17.3 Å². The molecule has 29 heavy (non-hydrogen) atoms. The Kier molecular flexibility index (Phi) is 5.42. The molecular weight excluding hydrogens is 362 g/mol. The van der Waals surface area contributed by atoms with E-state index in [0.717, 1.165) is 28.8 Å². The first-order valence-corrected chi connectivity index (χ1v) is 9.82. The molecular formula is C23H25N5O. The normalized spacial score (nSPS) is 11.7. The molecule has 0 aliphatic rings. The van der Waals surface area contributed by atoms with Crippen molar-refractivity contribution in [2.75, 3.05) is 6.61 Å². The van der Waals surface area contributed by atoms with Gasteiger partial charge in [0, 0.05) is 22.7 Å². The molecule has 6 nitrogen and oxygen atoms in total. The van der Waals surface area contributed by atoms with Crippen molar-refractivity contribution in [3.05, 3.63) is 78.0 Å². The largest absolute Gasteiger partial charge is 0.491 e. The van der Waals surface area contributed by atoms with Gasteiger partial charge in [-0.1, -0.05) is 44.2 Å². The van der Waals surface area contributed by atoms with E-state index >= 15 is 0 Å². The molecule has 2 aromatic heterocycles. The summed E-state index contributed by atoms with van der Waals surface area (Å²) in [6.07, 6.45) is 7.08. The van der Waals surface area contributed by atoms with Crippen molar-refractivity contribution in [3.8, 4) is 5.75 Å². The highest BCUT2D eigenvalue weighted by atomic mass is 16.5. The van der Waals surface area contributed by atoms with E-state index in [4.69, 9.17) is 4.74 Å². The Labute approximate surface area is 170 Å². The molecule has 0 aliphatic carbocycles. The standard InChI is InChI=1S/C23H25N5O/c1-17(2)20-9-8-18(3)12-23(20)29-11-10-27-14-19(13-26-28-15-24-25-16-28)21-6-4-5-7-22(21)27/h4-9,12-17H,10-11H2,1-3H3/b26-13+. The van der Waals surface area contributed by atoms with Crippen molar-refractivity contribution in [2.24, 2.45) is 5.10 Å². The van der Waals surface area contributed by atoms with Crippen LogP contribution in [0.25, 0.3) is 10.9 Å². The van der Waals surface area contributed by atoms with Gasteiger partial charge in [-0.25, -0.2) is 4.68 Å². The van der Waals surface area contributed by atoms with Gasteiger partial charge in [-0.15, -0.1) is 10.2 Å². The van der Waals surface area contributed by atoms with Gasteiger partial charge in [-0.05, 0) is 36.1 Å². The molecule has 0 spiro atoms. The lowest BCUT2D eigenvalue weighted by molar-refractivity contribution is 0.296. The average molecular weight is 387 g/mol. The molecule has 0 unspecified atom stereocenters. The summed E-state index contributed by atoms with van der Waals surface area (Å²) >= 11 is 0. The van der Waals surface area contributed by atoms with Crippen LogP contribution in [0, 0.1) is 6.92 Å². The second-order valence-electron chi connectivity index (χ2n) is 7.43. The number of aryl methyl sites for hydroxylation is 1. The molecule has 148 valence electrons. The van der Waals surface area contributed by atoms with Gasteiger partial charge in [-0.3, -0.25) is 0 Å². The molecule has 0 fully saturated rings. The van der Waals surface area contributed by atoms with E-state index in [1.165, 1.54) is 11.1 Å². The van der Waals surface area contributed by atoms with Gasteiger partial charge in [0.05, 0.1) is 12.8 Å². The molecule has 4 aromatic rings. The van der Waals surface area contributed by atoms with Gasteiger partial charge in [0.1, 0.15) is 25.0 Å². The number of para-hydroxylation sites is 1. The third kappa shape index (κ3) is 4.21. The summed E-state index contributed by atoms with van der Waals surface area (Å²) in [5.41, 5.74) is 4.67. The second kappa shape index (κ2) is 8.31. The third-order valence-electron chi connectivity index (χ3n) is 4.94. The number of benzene rings is 2. The topological polar surface area (TPSA) is 57.2 Å². The van der Waals surface area contributed by atoms with Crippen molar-refractivity contribution in [3.63, 3.8) is 0 Å². The summed E-state index contributed by atoms with van der Waals surface area (Å²) in [6.45, 7) is 7.84. The third-order valence-corrected chi connectivity index (χ3v) is 4.94. The van der Waals surface area contributed by atoms with Crippen LogP contribution in [0.4, 0.5) is 0 Å². The maximum absolute atomic E-state index is 6.19. The summed E-state index contributed by atoms with van der Waals surface area (Å²) in [6, 6.07) is 14.8. The van der Waals surface area contributed by atoms with Gasteiger partial charge < -0.3 is 9.30 Å². The van der Waals surface area contributed by atoms with Crippen LogP contribution in [0.3, 0.4) is 0 Å². The average Bonchev–Trinajstić information content (AvgIpc) is 3.34. The lowest BCUT2D eigenvalue weighted by Crippen LogP contribution is -2.09. The van der Waals surface area contributed by atoms with Gasteiger partial charge in [0.25, 0.3) is 0 Å². The molecule has 0 aliphatic heterocycles. The van der Waals surface area contributed by atoms with Crippen molar-refractivity contribution in [1.82, 2.24) is 19.4 Å². The summed E-state index contributed by atoms with van der Waals surface area (Å²) in [4.78, 5) is 0. The summed E-state index contributed by atoms with van der Waals surface area (Å²) in [5.74, 6) is 1.41. The zero-order valence-electron chi connectivity index (χ0n) is 17.0. The molecule has 0 atom stereocenters. The molecule has 0 saturated heterocycles. The molecule has 4 rings (SSSR count). The Balaban J connectivity index is 1.54. The first-order chi connectivity index (χ1) is 14.1. The number of ether oxygens (including phenoxy) is 1. The highest BCUT2D eigenvalue weighted by Crippen LogP contribution is 2.27. The van der Waals surface area contributed by atoms with E-state index in [-0.39, 0.29) is 0 Å². The number of rotatable bonds is 7. The van der Waals surface area contributed by atoms with E-state index in [1.807, 2.05) is 12.3 Å². The number of nitrogens with zero attached hydrogens (tertiary/aromatic N) is 5. The quantitative estimate of drug-likeness (QED) is 0.435. The van der Waals surface area contributed by atoms with Crippen LogP contribution in [0.1, 0.15) is 36.5 Å². The fraction of sp³-hybridized carbons (Fsp3) is 0.261. The zero-order chi connectivity index (χ0) is 20.2. The van der Waals surface area contributed by atoms with Gasteiger partial charge in [0.15, 0.2) is 0 Å². The molecule has 6 heteroatoms. The number of fused-ring (bicyclic) bond motifs is 1. The maximum atomic E-state index is 6.19. The predicted molar refractivity (Wildman–Crippen MR) is 116 cm³/mol. The highest BCUT2D eigenvalue weighted by Gasteiger charge is 2.10. The van der Waals surface area contributed by atoms with E-state index in [0.29, 0.717) is 12.5 Å². The minimum atomic E-state index is 0.429. The van der Waals surface area contributed by atoms with E-state index in [2.05, 4.69) is 83.2 Å². The number of aromatic nitrogens is 4. The van der Waals surface area contributed by atoms with Crippen LogP contribution in [0.15, 0.2) is 66.4 Å². The summed E-state index contributed by atoms with van der Waals surface area (Å²) in [5, 5.41) is 13.1. The number of hydrogen-bond donors (Lipinski definition) is 0. The molecule has 0 saturated carbocycles. The van der Waals surface area contributed by atoms with Crippen LogP contribution in [-0.4, -0.2) is 32.3 Å². The second-order valence-corrected chi connectivity index (χ2v) is 7.43. The molecule has 0 N–H and O–H groups in total. The van der Waals surface area contributed by atoms with Gasteiger partial charge in [-0.2, -0.15) is 5.10 Å². The molecule has 2 aromatic carbocycles. The van der Waals surface area contributed by atoms with Gasteiger partial charge in [0.2, 0.25) is 0 Å². The van der Waals surface area contributed by atoms with E-state index < -0.39 is 0 Å². The van der Waals surface area contributed by atoms with Crippen molar-refractivity contribution < 1.29 is 4.74 Å². The van der Waals surface area contributed by atoms with Crippen molar-refractivity contribution in [1.29, 1.82) is 0 Å². The summed E-state index contributed by atoms with van der Waals surface area (Å²) in [7, 11) is 0. The fourth-order valence-corrected chi connectivity index (χ4v) is 3.44. The fourth-order valence-electron chi connectivity index (χ4n) is 3.44. The Morgan fingerprint density at radius 3 is 2.69 bits per heavy atom. The Bertz CT molecular complexity index is 1130.